The molecule has 0 saturated heterocycles. The summed E-state index contributed by atoms with van der Waals surface area (Å²) in [7, 11) is 4.26. The summed E-state index contributed by atoms with van der Waals surface area (Å²) in [6.45, 7) is 7.68. The summed E-state index contributed by atoms with van der Waals surface area (Å²) in [5, 5.41) is 0. The van der Waals surface area contributed by atoms with Crippen LogP contribution in [0.25, 0.3) is 0 Å². The molecule has 0 amide bonds. The Bertz CT molecular complexity index is 63.5. The summed E-state index contributed by atoms with van der Waals surface area (Å²) in [6.07, 6.45) is 0. The molecule has 0 bridgehead atoms. The largest absolute Gasteiger partial charge is 0.294 e. The average molecular weight is 308 g/mol. The molecule has 0 heterocycles. The van der Waals surface area contributed by atoms with E-state index >= 15 is 0 Å². The maximum absolute atomic E-state index is 2.28. The van der Waals surface area contributed by atoms with Crippen LogP contribution < -0.4 is 0 Å². The van der Waals surface area contributed by atoms with E-state index < -0.39 is 0 Å². The topological polar surface area (TPSA) is 6.48 Å². The Kier molecular flexibility index (Phi) is 20.8. The van der Waals surface area contributed by atoms with Gasteiger partial charge in [-0.05, 0) is 27.2 Å². The van der Waals surface area contributed by atoms with Gasteiger partial charge in [-0.1, -0.05) is 13.8 Å². The predicted molar refractivity (Wildman–Crippen MR) is 41.5 cm³/mol. The fourth-order valence-corrected chi connectivity index (χ4v) is 0.612. The summed E-state index contributed by atoms with van der Waals surface area (Å²) >= 11 is 0. The van der Waals surface area contributed by atoms with Gasteiger partial charge in [0, 0.05) is 72.1 Å². The maximum atomic E-state index is 2.28. The predicted octanol–water partition coefficient (Wildman–Crippen LogP) is 0.842. The molecule has 0 aliphatic rings. The monoisotopic (exact) mass is 308 g/mol. The molecule has 0 spiro atoms. The summed E-state index contributed by atoms with van der Waals surface area (Å²) < 4.78 is 0. The standard InChI is InChI=1S/C7H18N2.2Y/c1-5-8(3)7-9(4)6-2;;/h5-7H2,1-4H3;;. The van der Waals surface area contributed by atoms with Crippen LogP contribution in [0.2, 0.25) is 0 Å². The van der Waals surface area contributed by atoms with Crippen LogP contribution in [0.15, 0.2) is 0 Å². The van der Waals surface area contributed by atoms with Gasteiger partial charge in [0.2, 0.25) is 0 Å². The Balaban J connectivity index is -0.000000320. The molecular formula is C7H18N2Y2. The fourth-order valence-electron chi connectivity index (χ4n) is 0.612. The van der Waals surface area contributed by atoms with Crippen molar-refractivity contribution in [2.75, 3.05) is 33.9 Å². The van der Waals surface area contributed by atoms with Crippen LogP contribution in [0.3, 0.4) is 0 Å². The van der Waals surface area contributed by atoms with Gasteiger partial charge in [0.1, 0.15) is 0 Å². The average Bonchev–Trinajstić information content (AvgIpc) is 1.87. The van der Waals surface area contributed by atoms with Crippen molar-refractivity contribution >= 4 is 0 Å². The number of rotatable bonds is 4. The smallest absolute Gasteiger partial charge is 0.0500 e. The zero-order valence-corrected chi connectivity index (χ0v) is 13.8. The van der Waals surface area contributed by atoms with Crippen molar-refractivity contribution in [2.24, 2.45) is 0 Å². The molecule has 0 aromatic heterocycles. The van der Waals surface area contributed by atoms with Crippen molar-refractivity contribution in [3.05, 3.63) is 0 Å². The quantitative estimate of drug-likeness (QED) is 0.710. The van der Waals surface area contributed by atoms with Gasteiger partial charge >= 0.3 is 0 Å². The summed E-state index contributed by atoms with van der Waals surface area (Å²) in [5.74, 6) is 0. The first-order chi connectivity index (χ1) is 4.20. The van der Waals surface area contributed by atoms with E-state index in [2.05, 4.69) is 37.7 Å². The normalized spacial score (nSPS) is 9.27. The van der Waals surface area contributed by atoms with Crippen molar-refractivity contribution in [3.8, 4) is 0 Å². The van der Waals surface area contributed by atoms with Crippen molar-refractivity contribution in [1.82, 2.24) is 9.80 Å². The number of hydrogen-bond donors (Lipinski definition) is 0. The molecule has 0 aliphatic carbocycles. The van der Waals surface area contributed by atoms with Crippen LogP contribution in [0, 0.1) is 0 Å². The third-order valence-corrected chi connectivity index (χ3v) is 1.56. The van der Waals surface area contributed by atoms with Gasteiger partial charge in [-0.2, -0.15) is 0 Å². The van der Waals surface area contributed by atoms with E-state index in [0.717, 1.165) is 19.8 Å². The zero-order valence-electron chi connectivity index (χ0n) is 8.17. The Hall–Kier alpha value is 2.13. The molecule has 2 nitrogen and oxygen atoms in total. The Morgan fingerprint density at radius 1 is 0.818 bits per heavy atom. The minimum atomic E-state index is 0. The summed E-state index contributed by atoms with van der Waals surface area (Å²) in [6, 6.07) is 0. The molecule has 4 heteroatoms. The van der Waals surface area contributed by atoms with Crippen LogP contribution in [0.5, 0.6) is 0 Å². The van der Waals surface area contributed by atoms with Gasteiger partial charge in [0.15, 0.2) is 0 Å². The van der Waals surface area contributed by atoms with Crippen LogP contribution >= 0.6 is 0 Å². The van der Waals surface area contributed by atoms with Gasteiger partial charge in [0.05, 0.1) is 0 Å². The van der Waals surface area contributed by atoms with Gasteiger partial charge in [-0.15, -0.1) is 0 Å². The molecule has 0 aliphatic heterocycles. The van der Waals surface area contributed by atoms with Gasteiger partial charge in [-0.3, -0.25) is 9.80 Å². The molecule has 0 unspecified atom stereocenters. The Morgan fingerprint density at radius 2 is 1.09 bits per heavy atom. The second-order valence-electron chi connectivity index (χ2n) is 2.49. The Morgan fingerprint density at radius 3 is 1.27 bits per heavy atom. The van der Waals surface area contributed by atoms with E-state index in [1.165, 1.54) is 0 Å². The molecule has 0 saturated carbocycles. The Labute approximate surface area is 121 Å². The van der Waals surface area contributed by atoms with Gasteiger partial charge in [0.25, 0.3) is 0 Å². The molecule has 11 heavy (non-hydrogen) atoms. The minimum absolute atomic E-state index is 0. The van der Waals surface area contributed by atoms with Crippen LogP contribution in [0.1, 0.15) is 13.8 Å². The van der Waals surface area contributed by atoms with Crippen LogP contribution in [-0.4, -0.2) is 43.7 Å². The first kappa shape index (κ1) is 18.8. The van der Waals surface area contributed by atoms with E-state index in [0.29, 0.717) is 0 Å². The minimum Gasteiger partial charge on any atom is -0.294 e. The molecule has 0 aromatic rings. The molecule has 0 N–H and O–H groups in total. The van der Waals surface area contributed by atoms with Crippen LogP contribution in [-0.2, 0) is 65.4 Å². The number of nitrogens with zero attached hydrogens (tertiary/aromatic N) is 2. The van der Waals surface area contributed by atoms with E-state index in [-0.39, 0.29) is 65.4 Å². The zero-order chi connectivity index (χ0) is 7.28. The first-order valence-corrected chi connectivity index (χ1v) is 3.57. The van der Waals surface area contributed by atoms with Crippen molar-refractivity contribution in [2.45, 2.75) is 13.8 Å². The SMILES string of the molecule is CCN(C)CN(C)CC.[Y].[Y]. The fraction of sp³-hybridized carbons (Fsp3) is 1.00. The van der Waals surface area contributed by atoms with E-state index in [1.807, 2.05) is 0 Å². The maximum Gasteiger partial charge on any atom is 0.0500 e. The van der Waals surface area contributed by atoms with E-state index in [1.54, 1.807) is 0 Å². The molecular weight excluding hydrogens is 290 g/mol. The molecule has 0 fully saturated rings. The third-order valence-electron chi connectivity index (χ3n) is 1.56. The molecule has 62 valence electrons. The van der Waals surface area contributed by atoms with Gasteiger partial charge < -0.3 is 0 Å². The van der Waals surface area contributed by atoms with Crippen molar-refractivity contribution in [1.29, 1.82) is 0 Å². The van der Waals surface area contributed by atoms with Crippen molar-refractivity contribution < 1.29 is 65.4 Å². The first-order valence-electron chi connectivity index (χ1n) is 3.57. The van der Waals surface area contributed by atoms with Gasteiger partial charge in [-0.25, -0.2) is 0 Å². The molecule has 0 atom stereocenters. The summed E-state index contributed by atoms with van der Waals surface area (Å²) in [4.78, 5) is 4.56. The second kappa shape index (κ2) is 12.1. The second-order valence-corrected chi connectivity index (χ2v) is 2.49. The summed E-state index contributed by atoms with van der Waals surface area (Å²) in [5.41, 5.74) is 0. The van der Waals surface area contributed by atoms with Crippen LogP contribution in [0.4, 0.5) is 0 Å². The van der Waals surface area contributed by atoms with E-state index in [4.69, 9.17) is 0 Å². The third kappa shape index (κ3) is 12.1. The van der Waals surface area contributed by atoms with E-state index in [9.17, 15) is 0 Å². The molecule has 0 rings (SSSR count). The molecule has 0 aromatic carbocycles. The van der Waals surface area contributed by atoms with Crippen molar-refractivity contribution in [3.63, 3.8) is 0 Å². The molecule has 2 radical (unpaired) electrons. The number of hydrogen-bond acceptors (Lipinski definition) is 2.